The van der Waals surface area contributed by atoms with Crippen LogP contribution < -0.4 is 0 Å². The molecule has 0 fully saturated rings. The van der Waals surface area contributed by atoms with E-state index in [4.69, 9.17) is 10.2 Å². The number of carbonyl (C=O) groups is 2. The van der Waals surface area contributed by atoms with Gasteiger partial charge in [0.25, 0.3) is 0 Å². The number of halogens is 6. The van der Waals surface area contributed by atoms with Crippen molar-refractivity contribution >= 4 is 108 Å². The molecule has 0 spiro atoms. The first-order chi connectivity index (χ1) is 5.89. The van der Waals surface area contributed by atoms with Crippen molar-refractivity contribution in [2.75, 3.05) is 0 Å². The fourth-order valence-corrected chi connectivity index (χ4v) is 0. The fourth-order valence-electron chi connectivity index (χ4n) is 0. The largest absolute Gasteiger partial charge is 0.479 e. The Morgan fingerprint density at radius 3 is 0.800 bits per heavy atom. The predicted octanol–water partition coefficient (Wildman–Crippen LogP) is 3.82. The Bertz CT molecular complexity index is 196. The molecular formula is C4H2Br6O4Zn. The first-order valence-corrected chi connectivity index (χ1v) is 7.25. The van der Waals surface area contributed by atoms with E-state index in [1.165, 1.54) is 0 Å². The Hall–Kier alpha value is 2.44. The standard InChI is InChI=1S/2C2HBr3O2.Zn/c2*3-2(4,5)1(6)7;/h2*(H,6,7);. The van der Waals surface area contributed by atoms with Gasteiger partial charge in [-0.05, 0) is 95.6 Å². The van der Waals surface area contributed by atoms with Gasteiger partial charge in [-0.25, -0.2) is 9.59 Å². The normalized spacial score (nSPS) is 10.5. The van der Waals surface area contributed by atoms with E-state index in [0.29, 0.717) is 0 Å². The smallest absolute Gasteiger partial charge is 0.342 e. The van der Waals surface area contributed by atoms with E-state index in [0.717, 1.165) is 0 Å². The summed E-state index contributed by atoms with van der Waals surface area (Å²) >= 11 is 16.7. The van der Waals surface area contributed by atoms with Crippen LogP contribution in [0.1, 0.15) is 0 Å². The van der Waals surface area contributed by atoms with Crippen molar-refractivity contribution < 1.29 is 39.3 Å². The Morgan fingerprint density at radius 1 is 0.733 bits per heavy atom. The van der Waals surface area contributed by atoms with Gasteiger partial charge in [0, 0.05) is 19.5 Å². The number of aliphatic carboxylic acids is 2. The summed E-state index contributed by atoms with van der Waals surface area (Å²) in [5.74, 6) is -2.01. The summed E-state index contributed by atoms with van der Waals surface area (Å²) in [6.07, 6.45) is 0. The molecule has 0 saturated carbocycles. The topological polar surface area (TPSA) is 74.6 Å². The summed E-state index contributed by atoms with van der Waals surface area (Å²) in [6, 6.07) is 0. The van der Waals surface area contributed by atoms with Crippen LogP contribution in [0.3, 0.4) is 0 Å². The van der Waals surface area contributed by atoms with Crippen molar-refractivity contribution in [1.29, 1.82) is 0 Å². The average Bonchev–Trinajstić information content (AvgIpc) is 1.83. The van der Waals surface area contributed by atoms with E-state index in [1.807, 2.05) is 0 Å². The summed E-state index contributed by atoms with van der Waals surface area (Å²) in [4.78, 5) is 19.8. The molecule has 0 aliphatic carbocycles. The molecule has 0 bridgehead atoms. The molecule has 4 nitrogen and oxygen atoms in total. The molecule has 2 N–H and O–H groups in total. The third kappa shape index (κ3) is 16.4. The first-order valence-electron chi connectivity index (χ1n) is 2.49. The fraction of sp³-hybridized carbons (Fsp3) is 0.500. The average molecular weight is 659 g/mol. The SMILES string of the molecule is O=C(O)C(Br)(Br)Br.O=C(O)C(Br)(Br)Br.[Zn]. The second-order valence-corrected chi connectivity index (χ2v) is 15.1. The molecule has 0 unspecified atom stereocenters. The number of carboxylic acids is 2. The van der Waals surface area contributed by atoms with Crippen LogP contribution >= 0.6 is 95.6 Å². The Balaban J connectivity index is -0.000000180. The first kappa shape index (κ1) is 22.6. The number of carboxylic acid groups (broad SMARTS) is 2. The van der Waals surface area contributed by atoms with E-state index < -0.39 is 16.2 Å². The van der Waals surface area contributed by atoms with Crippen molar-refractivity contribution in [3.63, 3.8) is 0 Å². The molecule has 0 aliphatic rings. The minimum Gasteiger partial charge on any atom is -0.479 e. The van der Waals surface area contributed by atoms with Crippen LogP contribution in [0, 0.1) is 0 Å². The van der Waals surface area contributed by atoms with Crippen LogP contribution in [-0.4, -0.2) is 26.4 Å². The molecule has 11 heteroatoms. The number of hydrogen-bond acceptors (Lipinski definition) is 2. The van der Waals surface area contributed by atoms with Gasteiger partial charge in [-0.2, -0.15) is 0 Å². The third-order valence-electron chi connectivity index (χ3n) is 0.485. The Morgan fingerprint density at radius 2 is 0.800 bits per heavy atom. The Labute approximate surface area is 149 Å². The minimum atomic E-state index is -1.15. The molecule has 0 rings (SSSR count). The van der Waals surface area contributed by atoms with E-state index in [1.54, 1.807) is 0 Å². The van der Waals surface area contributed by atoms with Crippen molar-refractivity contribution in [3.05, 3.63) is 0 Å². The molecule has 0 aromatic carbocycles. The summed E-state index contributed by atoms with van der Waals surface area (Å²) in [5.41, 5.74) is 0. The van der Waals surface area contributed by atoms with Gasteiger partial charge >= 0.3 is 11.9 Å². The van der Waals surface area contributed by atoms with Crippen LogP contribution in [0.2, 0.25) is 0 Å². The molecule has 0 amide bonds. The van der Waals surface area contributed by atoms with Crippen LogP contribution in [-0.2, 0) is 29.1 Å². The van der Waals surface area contributed by atoms with Crippen LogP contribution in [0.4, 0.5) is 0 Å². The zero-order chi connectivity index (χ0) is 12.2. The number of alkyl halides is 6. The zero-order valence-corrected chi connectivity index (χ0v) is 19.2. The van der Waals surface area contributed by atoms with Crippen LogP contribution in [0.25, 0.3) is 0 Å². The second kappa shape index (κ2) is 9.38. The van der Waals surface area contributed by atoms with E-state index in [9.17, 15) is 9.59 Å². The van der Waals surface area contributed by atoms with E-state index in [2.05, 4.69) is 95.6 Å². The zero-order valence-electron chi connectivity index (χ0n) is 6.69. The summed E-state index contributed by atoms with van der Waals surface area (Å²) in [5, 5.41) is 16.2. The molecule has 0 atom stereocenters. The van der Waals surface area contributed by atoms with Gasteiger partial charge in [-0.15, -0.1) is 0 Å². The molecule has 0 aromatic rings. The third-order valence-corrected chi connectivity index (χ3v) is 2.52. The van der Waals surface area contributed by atoms with Gasteiger partial charge in [0.15, 0.2) is 0 Å². The molecule has 86 valence electrons. The quantitative estimate of drug-likeness (QED) is 0.307. The van der Waals surface area contributed by atoms with Crippen molar-refractivity contribution in [2.45, 2.75) is 4.29 Å². The van der Waals surface area contributed by atoms with Gasteiger partial charge < -0.3 is 10.2 Å². The molecule has 0 aromatic heterocycles. The van der Waals surface area contributed by atoms with E-state index in [-0.39, 0.29) is 19.5 Å². The predicted molar refractivity (Wildman–Crippen MR) is 74.3 cm³/mol. The maximum Gasteiger partial charge on any atom is 0.342 e. The molecule has 0 aliphatic heterocycles. The minimum absolute atomic E-state index is 0. The molecule has 0 heterocycles. The monoisotopic (exact) mass is 651 g/mol. The van der Waals surface area contributed by atoms with Crippen LogP contribution in [0.15, 0.2) is 0 Å². The number of rotatable bonds is 0. The Kier molecular flexibility index (Phi) is 14.1. The summed E-state index contributed by atoms with van der Waals surface area (Å²) < 4.78 is -2.29. The van der Waals surface area contributed by atoms with Crippen LogP contribution in [0.5, 0.6) is 0 Å². The molecule has 15 heavy (non-hydrogen) atoms. The van der Waals surface area contributed by atoms with Gasteiger partial charge in [0.05, 0.1) is 0 Å². The summed E-state index contributed by atoms with van der Waals surface area (Å²) in [6.45, 7) is 0. The van der Waals surface area contributed by atoms with E-state index >= 15 is 0 Å². The molecule has 0 saturated heterocycles. The maximum absolute atomic E-state index is 9.88. The summed E-state index contributed by atoms with van der Waals surface area (Å²) in [7, 11) is 0. The van der Waals surface area contributed by atoms with Gasteiger partial charge in [-0.3, -0.25) is 0 Å². The number of hydrogen-bond donors (Lipinski definition) is 2. The van der Waals surface area contributed by atoms with Gasteiger partial charge in [0.1, 0.15) is 0 Å². The van der Waals surface area contributed by atoms with Crippen molar-refractivity contribution in [2.24, 2.45) is 0 Å². The van der Waals surface area contributed by atoms with Gasteiger partial charge in [0.2, 0.25) is 4.29 Å². The van der Waals surface area contributed by atoms with Gasteiger partial charge in [-0.1, -0.05) is 0 Å². The molecular weight excluding hydrogens is 657 g/mol. The van der Waals surface area contributed by atoms with Crippen molar-refractivity contribution in [1.82, 2.24) is 0 Å². The van der Waals surface area contributed by atoms with Crippen molar-refractivity contribution in [3.8, 4) is 0 Å². The molecule has 0 radical (unpaired) electrons. The second-order valence-electron chi connectivity index (χ2n) is 1.61. The maximum atomic E-state index is 9.88.